The number of nitrogen functional groups attached to an aromatic ring is 1. The van der Waals surface area contributed by atoms with Gasteiger partial charge in [-0.3, -0.25) is 0 Å². The van der Waals surface area contributed by atoms with E-state index >= 15 is 0 Å². The van der Waals surface area contributed by atoms with Crippen LogP contribution in [0.1, 0.15) is 0 Å². The van der Waals surface area contributed by atoms with E-state index in [4.69, 9.17) is 5.73 Å². The van der Waals surface area contributed by atoms with Gasteiger partial charge >= 0.3 is 0 Å². The Morgan fingerprint density at radius 2 is 2.00 bits per heavy atom. The zero-order chi connectivity index (χ0) is 14.1. The number of rotatable bonds is 2. The number of hydrogen-bond donors (Lipinski definition) is 1. The molecule has 0 spiro atoms. The molecular formula is C13H9BrFN5. The quantitative estimate of drug-likeness (QED) is 0.732. The Kier molecular flexibility index (Phi) is 3.19. The van der Waals surface area contributed by atoms with Crippen LogP contribution in [-0.4, -0.2) is 20.2 Å². The highest BCUT2D eigenvalue weighted by atomic mass is 79.9. The van der Waals surface area contributed by atoms with Crippen molar-refractivity contribution in [2.45, 2.75) is 0 Å². The molecule has 2 aromatic carbocycles. The SMILES string of the molecule is Nc1ccc(F)cc1-c1nnnn1-c1cccc(Br)c1. The minimum absolute atomic E-state index is 0.389. The maximum absolute atomic E-state index is 13.4. The zero-order valence-corrected chi connectivity index (χ0v) is 11.7. The first-order valence-electron chi connectivity index (χ1n) is 5.75. The largest absolute Gasteiger partial charge is 0.398 e. The molecule has 0 radical (unpaired) electrons. The lowest BCUT2D eigenvalue weighted by Gasteiger charge is -2.07. The molecule has 0 aliphatic carbocycles. The van der Waals surface area contributed by atoms with Crippen LogP contribution < -0.4 is 5.73 Å². The standard InChI is InChI=1S/C13H9BrFN5/c14-8-2-1-3-10(6-8)20-13(17-18-19-20)11-7-9(15)4-5-12(11)16/h1-7H,16H2. The highest BCUT2D eigenvalue weighted by Crippen LogP contribution is 2.26. The van der Waals surface area contributed by atoms with Crippen LogP contribution in [0, 0.1) is 5.82 Å². The van der Waals surface area contributed by atoms with Gasteiger partial charge in [-0.2, -0.15) is 4.68 Å². The minimum Gasteiger partial charge on any atom is -0.398 e. The monoisotopic (exact) mass is 333 g/mol. The molecule has 0 saturated carbocycles. The van der Waals surface area contributed by atoms with Gasteiger partial charge in [-0.05, 0) is 46.8 Å². The fraction of sp³-hybridized carbons (Fsp3) is 0. The van der Waals surface area contributed by atoms with E-state index < -0.39 is 5.82 Å². The Balaban J connectivity index is 2.18. The Morgan fingerprint density at radius 3 is 2.80 bits per heavy atom. The molecule has 100 valence electrons. The molecule has 0 unspecified atom stereocenters. The van der Waals surface area contributed by atoms with Gasteiger partial charge in [0.25, 0.3) is 0 Å². The van der Waals surface area contributed by atoms with Gasteiger partial charge in [-0.25, -0.2) is 4.39 Å². The summed E-state index contributed by atoms with van der Waals surface area (Å²) in [7, 11) is 0. The molecule has 0 amide bonds. The van der Waals surface area contributed by atoms with Gasteiger partial charge in [0, 0.05) is 15.7 Å². The summed E-state index contributed by atoms with van der Waals surface area (Å²) in [6, 6.07) is 11.6. The number of tetrazole rings is 1. The van der Waals surface area contributed by atoms with Crippen molar-refractivity contribution < 1.29 is 4.39 Å². The van der Waals surface area contributed by atoms with Crippen molar-refractivity contribution in [3.05, 3.63) is 52.8 Å². The zero-order valence-electron chi connectivity index (χ0n) is 10.2. The third kappa shape index (κ3) is 2.27. The van der Waals surface area contributed by atoms with Crippen LogP contribution in [0.2, 0.25) is 0 Å². The number of hydrogen-bond acceptors (Lipinski definition) is 4. The summed E-state index contributed by atoms with van der Waals surface area (Å²) in [6.07, 6.45) is 0. The molecule has 7 heteroatoms. The Bertz CT molecular complexity index is 771. The molecular weight excluding hydrogens is 325 g/mol. The first-order valence-corrected chi connectivity index (χ1v) is 6.54. The molecule has 5 nitrogen and oxygen atoms in total. The highest BCUT2D eigenvalue weighted by Gasteiger charge is 2.14. The van der Waals surface area contributed by atoms with Gasteiger partial charge in [0.1, 0.15) is 5.82 Å². The maximum Gasteiger partial charge on any atom is 0.189 e. The Labute approximate surface area is 122 Å². The van der Waals surface area contributed by atoms with Crippen molar-refractivity contribution in [3.8, 4) is 17.1 Å². The van der Waals surface area contributed by atoms with Crippen LogP contribution in [0.25, 0.3) is 17.1 Å². The van der Waals surface area contributed by atoms with Gasteiger partial charge in [0.05, 0.1) is 5.69 Å². The van der Waals surface area contributed by atoms with E-state index in [2.05, 4.69) is 31.5 Å². The second kappa shape index (κ2) is 5.01. The predicted octanol–water partition coefficient (Wildman–Crippen LogP) is 2.81. The Hall–Kier alpha value is -2.28. The van der Waals surface area contributed by atoms with E-state index in [1.54, 1.807) is 0 Å². The van der Waals surface area contributed by atoms with E-state index in [-0.39, 0.29) is 0 Å². The normalized spacial score (nSPS) is 10.7. The number of halogens is 2. The fourth-order valence-electron chi connectivity index (χ4n) is 1.86. The average Bonchev–Trinajstić information content (AvgIpc) is 2.90. The highest BCUT2D eigenvalue weighted by molar-refractivity contribution is 9.10. The summed E-state index contributed by atoms with van der Waals surface area (Å²) in [5.74, 6) is -0.00177. The molecule has 1 heterocycles. The van der Waals surface area contributed by atoms with Crippen LogP contribution in [0.5, 0.6) is 0 Å². The van der Waals surface area contributed by atoms with E-state index in [0.29, 0.717) is 17.1 Å². The van der Waals surface area contributed by atoms with Crippen molar-refractivity contribution in [1.29, 1.82) is 0 Å². The third-order valence-corrected chi connectivity index (χ3v) is 3.27. The van der Waals surface area contributed by atoms with Crippen molar-refractivity contribution in [1.82, 2.24) is 20.2 Å². The van der Waals surface area contributed by atoms with Gasteiger partial charge in [-0.1, -0.05) is 22.0 Å². The number of benzene rings is 2. The Morgan fingerprint density at radius 1 is 1.15 bits per heavy atom. The first-order chi connectivity index (χ1) is 9.65. The number of aromatic nitrogens is 4. The van der Waals surface area contributed by atoms with E-state index in [1.165, 1.54) is 22.9 Å². The lowest BCUT2D eigenvalue weighted by Crippen LogP contribution is -2.02. The molecule has 0 aliphatic rings. The van der Waals surface area contributed by atoms with Crippen molar-refractivity contribution >= 4 is 21.6 Å². The average molecular weight is 334 g/mol. The molecule has 0 aliphatic heterocycles. The second-order valence-electron chi connectivity index (χ2n) is 4.13. The summed E-state index contributed by atoms with van der Waals surface area (Å²) in [5.41, 5.74) is 7.49. The molecule has 20 heavy (non-hydrogen) atoms. The minimum atomic E-state index is -0.391. The molecule has 2 N–H and O–H groups in total. The van der Waals surface area contributed by atoms with E-state index in [1.807, 2.05) is 24.3 Å². The fourth-order valence-corrected chi connectivity index (χ4v) is 2.25. The van der Waals surface area contributed by atoms with Gasteiger partial charge in [0.15, 0.2) is 5.82 Å². The molecule has 3 aromatic rings. The van der Waals surface area contributed by atoms with Crippen LogP contribution in [-0.2, 0) is 0 Å². The molecule has 1 aromatic heterocycles. The summed E-state index contributed by atoms with van der Waals surface area (Å²) in [5, 5.41) is 11.5. The van der Waals surface area contributed by atoms with Crippen molar-refractivity contribution in [2.24, 2.45) is 0 Å². The van der Waals surface area contributed by atoms with Crippen LogP contribution in [0.15, 0.2) is 46.9 Å². The summed E-state index contributed by atoms with van der Waals surface area (Å²) < 4.78 is 15.8. The maximum atomic E-state index is 13.4. The topological polar surface area (TPSA) is 69.6 Å². The number of nitrogens with two attached hydrogens (primary N) is 1. The van der Waals surface area contributed by atoms with E-state index in [9.17, 15) is 4.39 Å². The van der Waals surface area contributed by atoms with Gasteiger partial charge in [0.2, 0.25) is 0 Å². The number of anilines is 1. The second-order valence-corrected chi connectivity index (χ2v) is 5.04. The molecule has 0 saturated heterocycles. The van der Waals surface area contributed by atoms with E-state index in [0.717, 1.165) is 10.2 Å². The summed E-state index contributed by atoms with van der Waals surface area (Å²) >= 11 is 3.39. The lowest BCUT2D eigenvalue weighted by atomic mass is 10.1. The van der Waals surface area contributed by atoms with Crippen molar-refractivity contribution in [3.63, 3.8) is 0 Å². The molecule has 3 rings (SSSR count). The molecule has 0 fully saturated rings. The molecule has 0 bridgehead atoms. The number of nitrogens with zero attached hydrogens (tertiary/aromatic N) is 4. The van der Waals surface area contributed by atoms with Crippen LogP contribution in [0.4, 0.5) is 10.1 Å². The van der Waals surface area contributed by atoms with Crippen molar-refractivity contribution in [2.75, 3.05) is 5.73 Å². The summed E-state index contributed by atoms with van der Waals surface area (Å²) in [4.78, 5) is 0. The van der Waals surface area contributed by atoms with Crippen LogP contribution in [0.3, 0.4) is 0 Å². The third-order valence-electron chi connectivity index (χ3n) is 2.78. The van der Waals surface area contributed by atoms with Gasteiger partial charge < -0.3 is 5.73 Å². The summed E-state index contributed by atoms with van der Waals surface area (Å²) in [6.45, 7) is 0. The molecule has 0 atom stereocenters. The lowest BCUT2D eigenvalue weighted by molar-refractivity contribution is 0.628. The van der Waals surface area contributed by atoms with Gasteiger partial charge in [-0.15, -0.1) is 5.10 Å². The van der Waals surface area contributed by atoms with Crippen LogP contribution >= 0.6 is 15.9 Å². The first kappa shape index (κ1) is 12.7. The smallest absolute Gasteiger partial charge is 0.189 e. The predicted molar refractivity (Wildman–Crippen MR) is 76.7 cm³/mol.